The minimum Gasteiger partial charge on any atom is -0.493 e. The molecule has 0 atom stereocenters. The molecule has 106 valence electrons. The summed E-state index contributed by atoms with van der Waals surface area (Å²) in [6, 6.07) is 15.8. The van der Waals surface area contributed by atoms with Crippen LogP contribution in [0.2, 0.25) is 0 Å². The molecule has 0 saturated carbocycles. The van der Waals surface area contributed by atoms with Gasteiger partial charge >= 0.3 is 0 Å². The Hall–Kier alpha value is -1.81. The van der Waals surface area contributed by atoms with E-state index in [2.05, 4.69) is 24.3 Å². The van der Waals surface area contributed by atoms with Crippen LogP contribution in [0.25, 0.3) is 0 Å². The zero-order chi connectivity index (χ0) is 14.2. The van der Waals surface area contributed by atoms with E-state index in [0.29, 0.717) is 18.0 Å². The van der Waals surface area contributed by atoms with Gasteiger partial charge in [-0.25, -0.2) is 0 Å². The van der Waals surface area contributed by atoms with Crippen molar-refractivity contribution >= 4 is 17.4 Å². The fourth-order valence-electron chi connectivity index (χ4n) is 1.75. The van der Waals surface area contributed by atoms with Crippen molar-refractivity contribution in [2.75, 3.05) is 25.2 Å². The Morgan fingerprint density at radius 2 is 1.85 bits per heavy atom. The van der Waals surface area contributed by atoms with Gasteiger partial charge in [-0.3, -0.25) is 0 Å². The van der Waals surface area contributed by atoms with Crippen LogP contribution in [0.4, 0.5) is 5.69 Å². The molecule has 0 aliphatic rings. The third-order valence-electron chi connectivity index (χ3n) is 2.75. The third-order valence-corrected chi connectivity index (χ3v) is 3.84. The smallest absolute Gasteiger partial charge is 0.162 e. The molecular formula is C16H19NO2S. The minimum absolute atomic E-state index is 0.667. The number of nitrogen functional groups attached to an aromatic ring is 1. The number of thioether (sulfide) groups is 1. The van der Waals surface area contributed by atoms with Crippen LogP contribution in [-0.4, -0.2) is 19.5 Å². The molecule has 3 nitrogen and oxygen atoms in total. The van der Waals surface area contributed by atoms with E-state index in [1.807, 2.05) is 30.0 Å². The summed E-state index contributed by atoms with van der Waals surface area (Å²) in [4.78, 5) is 1.29. The number of anilines is 1. The van der Waals surface area contributed by atoms with E-state index in [1.54, 1.807) is 13.2 Å². The highest BCUT2D eigenvalue weighted by Gasteiger charge is 2.04. The second kappa shape index (κ2) is 7.70. The summed E-state index contributed by atoms with van der Waals surface area (Å²) >= 11 is 1.84. The largest absolute Gasteiger partial charge is 0.493 e. The van der Waals surface area contributed by atoms with Gasteiger partial charge in [0.05, 0.1) is 13.7 Å². The van der Waals surface area contributed by atoms with E-state index in [9.17, 15) is 0 Å². The van der Waals surface area contributed by atoms with Crippen molar-refractivity contribution < 1.29 is 9.47 Å². The fraction of sp³-hybridized carbons (Fsp3) is 0.250. The molecule has 0 aliphatic carbocycles. The topological polar surface area (TPSA) is 44.5 Å². The van der Waals surface area contributed by atoms with Crippen LogP contribution in [0, 0.1) is 0 Å². The van der Waals surface area contributed by atoms with Crippen molar-refractivity contribution in [3.05, 3.63) is 48.5 Å². The molecule has 0 radical (unpaired) electrons. The Morgan fingerprint density at radius 3 is 2.60 bits per heavy atom. The highest BCUT2D eigenvalue weighted by atomic mass is 32.2. The summed E-state index contributed by atoms with van der Waals surface area (Å²) in [7, 11) is 1.62. The zero-order valence-corrected chi connectivity index (χ0v) is 12.4. The first-order chi connectivity index (χ1) is 9.79. The Balaban J connectivity index is 1.73. The molecule has 0 aliphatic heterocycles. The Bertz CT molecular complexity index is 531. The molecule has 0 unspecified atom stereocenters. The number of hydrogen-bond acceptors (Lipinski definition) is 4. The number of rotatable bonds is 7. The molecule has 20 heavy (non-hydrogen) atoms. The van der Waals surface area contributed by atoms with Crippen molar-refractivity contribution in [3.8, 4) is 11.5 Å². The third kappa shape index (κ3) is 4.38. The lowest BCUT2D eigenvalue weighted by Gasteiger charge is -2.11. The zero-order valence-electron chi connectivity index (χ0n) is 11.5. The summed E-state index contributed by atoms with van der Waals surface area (Å²) in [6.07, 6.45) is 0.979. The summed E-state index contributed by atoms with van der Waals surface area (Å²) in [6.45, 7) is 0.667. The first-order valence-corrected chi connectivity index (χ1v) is 7.52. The van der Waals surface area contributed by atoms with Gasteiger partial charge in [0.15, 0.2) is 11.5 Å². The average molecular weight is 289 g/mol. The molecule has 2 rings (SSSR count). The van der Waals surface area contributed by atoms with Gasteiger partial charge in [-0.1, -0.05) is 18.2 Å². The number of ether oxygens (including phenoxy) is 2. The minimum atomic E-state index is 0.667. The maximum absolute atomic E-state index is 5.73. The molecule has 2 aromatic rings. The number of benzene rings is 2. The standard InChI is InChI=1S/C16H19NO2S/c1-18-16-12-13(17)8-9-15(16)19-10-5-11-20-14-6-3-2-4-7-14/h2-4,6-9,12H,5,10-11,17H2,1H3. The highest BCUT2D eigenvalue weighted by molar-refractivity contribution is 7.99. The van der Waals surface area contributed by atoms with E-state index >= 15 is 0 Å². The molecular weight excluding hydrogens is 270 g/mol. The van der Waals surface area contributed by atoms with Gasteiger partial charge in [0.25, 0.3) is 0 Å². The van der Waals surface area contributed by atoms with Crippen LogP contribution in [-0.2, 0) is 0 Å². The molecule has 0 saturated heterocycles. The molecule has 2 N–H and O–H groups in total. The van der Waals surface area contributed by atoms with Gasteiger partial charge in [0.1, 0.15) is 0 Å². The van der Waals surface area contributed by atoms with Gasteiger partial charge in [0, 0.05) is 22.4 Å². The van der Waals surface area contributed by atoms with Crippen molar-refractivity contribution in [1.29, 1.82) is 0 Å². The van der Waals surface area contributed by atoms with Gasteiger partial charge in [-0.2, -0.15) is 0 Å². The maximum atomic E-state index is 5.73. The number of hydrogen-bond donors (Lipinski definition) is 1. The summed E-state index contributed by atoms with van der Waals surface area (Å²) < 4.78 is 11.0. The van der Waals surface area contributed by atoms with E-state index < -0.39 is 0 Å². The van der Waals surface area contributed by atoms with Crippen LogP contribution < -0.4 is 15.2 Å². The van der Waals surface area contributed by atoms with Gasteiger partial charge < -0.3 is 15.2 Å². The number of methoxy groups -OCH3 is 1. The molecule has 0 aromatic heterocycles. The van der Waals surface area contributed by atoms with Crippen molar-refractivity contribution in [3.63, 3.8) is 0 Å². The van der Waals surface area contributed by atoms with Crippen LogP contribution in [0.15, 0.2) is 53.4 Å². The first-order valence-electron chi connectivity index (χ1n) is 6.54. The van der Waals surface area contributed by atoms with Crippen LogP contribution in [0.1, 0.15) is 6.42 Å². The average Bonchev–Trinajstić information content (AvgIpc) is 2.49. The van der Waals surface area contributed by atoms with Crippen LogP contribution in [0.3, 0.4) is 0 Å². The summed E-state index contributed by atoms with van der Waals surface area (Å²) in [5.41, 5.74) is 6.38. The Morgan fingerprint density at radius 1 is 1.05 bits per heavy atom. The Kier molecular flexibility index (Phi) is 5.62. The van der Waals surface area contributed by atoms with Crippen molar-refractivity contribution in [1.82, 2.24) is 0 Å². The summed E-state index contributed by atoms with van der Waals surface area (Å²) in [5, 5.41) is 0. The van der Waals surface area contributed by atoms with Gasteiger partial charge in [-0.15, -0.1) is 11.8 Å². The SMILES string of the molecule is COc1cc(N)ccc1OCCCSc1ccccc1. The molecule has 2 aromatic carbocycles. The molecule has 0 heterocycles. The van der Waals surface area contributed by atoms with Gasteiger partial charge in [-0.05, 0) is 30.7 Å². The predicted octanol–water partition coefficient (Wildman–Crippen LogP) is 3.84. The van der Waals surface area contributed by atoms with E-state index in [4.69, 9.17) is 15.2 Å². The lowest BCUT2D eigenvalue weighted by Crippen LogP contribution is -2.01. The first kappa shape index (κ1) is 14.6. The molecule has 0 amide bonds. The van der Waals surface area contributed by atoms with E-state index in [-0.39, 0.29) is 0 Å². The monoisotopic (exact) mass is 289 g/mol. The molecule has 0 fully saturated rings. The quantitative estimate of drug-likeness (QED) is 0.478. The van der Waals surface area contributed by atoms with Crippen molar-refractivity contribution in [2.24, 2.45) is 0 Å². The lowest BCUT2D eigenvalue weighted by molar-refractivity contribution is 0.295. The second-order valence-electron chi connectivity index (χ2n) is 4.27. The molecule has 4 heteroatoms. The summed E-state index contributed by atoms with van der Waals surface area (Å²) in [5.74, 6) is 2.45. The van der Waals surface area contributed by atoms with Crippen LogP contribution >= 0.6 is 11.8 Å². The highest BCUT2D eigenvalue weighted by Crippen LogP contribution is 2.29. The second-order valence-corrected chi connectivity index (χ2v) is 5.44. The Labute approximate surface area is 124 Å². The fourth-order valence-corrected chi connectivity index (χ4v) is 2.60. The van der Waals surface area contributed by atoms with Crippen LogP contribution in [0.5, 0.6) is 11.5 Å². The van der Waals surface area contributed by atoms with E-state index in [0.717, 1.165) is 17.9 Å². The number of nitrogens with two attached hydrogens (primary N) is 1. The molecule has 0 bridgehead atoms. The maximum Gasteiger partial charge on any atom is 0.162 e. The molecule has 0 spiro atoms. The predicted molar refractivity (Wildman–Crippen MR) is 84.7 cm³/mol. The van der Waals surface area contributed by atoms with E-state index in [1.165, 1.54) is 4.90 Å². The van der Waals surface area contributed by atoms with Crippen molar-refractivity contribution in [2.45, 2.75) is 11.3 Å². The normalized spacial score (nSPS) is 10.2. The lowest BCUT2D eigenvalue weighted by atomic mass is 10.3. The van der Waals surface area contributed by atoms with Gasteiger partial charge in [0.2, 0.25) is 0 Å².